The third-order valence-corrected chi connectivity index (χ3v) is 4.45. The standard InChI is InChI=1S/C21H23ClN4O2/c1-13-9-16(22)6-7-17(13)25-21-24-14(2)10-20(26-21)23-12-15-5-8-18(27-3)19(11-15)28-4/h5-11H,12H2,1-4H3,(H2,23,24,25,26). The molecule has 0 saturated heterocycles. The van der Waals surface area contributed by atoms with E-state index in [1.807, 2.05) is 56.3 Å². The lowest BCUT2D eigenvalue weighted by molar-refractivity contribution is 0.354. The van der Waals surface area contributed by atoms with Gasteiger partial charge in [0.05, 0.1) is 14.2 Å². The zero-order valence-corrected chi connectivity index (χ0v) is 17.1. The average Bonchev–Trinajstić information content (AvgIpc) is 2.68. The van der Waals surface area contributed by atoms with Gasteiger partial charge in [-0.05, 0) is 55.3 Å². The highest BCUT2D eigenvalue weighted by Gasteiger charge is 2.07. The summed E-state index contributed by atoms with van der Waals surface area (Å²) in [5.74, 6) is 2.66. The number of nitrogens with one attached hydrogen (secondary N) is 2. The normalized spacial score (nSPS) is 10.5. The summed E-state index contributed by atoms with van der Waals surface area (Å²) in [5.41, 5.74) is 3.86. The summed E-state index contributed by atoms with van der Waals surface area (Å²) in [4.78, 5) is 9.03. The zero-order chi connectivity index (χ0) is 20.1. The number of aryl methyl sites for hydroxylation is 2. The molecule has 0 spiro atoms. The van der Waals surface area contributed by atoms with Gasteiger partial charge >= 0.3 is 0 Å². The molecule has 1 heterocycles. The smallest absolute Gasteiger partial charge is 0.229 e. The molecule has 0 aliphatic carbocycles. The Kier molecular flexibility index (Phi) is 6.21. The van der Waals surface area contributed by atoms with Gasteiger partial charge in [-0.3, -0.25) is 0 Å². The number of hydrogen-bond acceptors (Lipinski definition) is 6. The van der Waals surface area contributed by atoms with E-state index in [9.17, 15) is 0 Å². The van der Waals surface area contributed by atoms with Gasteiger partial charge < -0.3 is 20.1 Å². The topological polar surface area (TPSA) is 68.3 Å². The first-order chi connectivity index (χ1) is 13.5. The molecule has 1 aromatic heterocycles. The van der Waals surface area contributed by atoms with Crippen molar-refractivity contribution in [3.8, 4) is 11.5 Å². The summed E-state index contributed by atoms with van der Waals surface area (Å²) in [6, 6.07) is 13.4. The summed E-state index contributed by atoms with van der Waals surface area (Å²) in [7, 11) is 3.25. The summed E-state index contributed by atoms with van der Waals surface area (Å²) in [6.45, 7) is 4.51. The molecule has 0 atom stereocenters. The average molecular weight is 399 g/mol. The molecular formula is C21H23ClN4O2. The minimum Gasteiger partial charge on any atom is -0.493 e. The number of benzene rings is 2. The van der Waals surface area contributed by atoms with Crippen molar-refractivity contribution in [2.24, 2.45) is 0 Å². The fraction of sp³-hybridized carbons (Fsp3) is 0.238. The first kappa shape index (κ1) is 19.8. The van der Waals surface area contributed by atoms with Gasteiger partial charge in [-0.2, -0.15) is 4.98 Å². The molecule has 0 fully saturated rings. The van der Waals surface area contributed by atoms with Crippen molar-refractivity contribution in [1.29, 1.82) is 0 Å². The summed E-state index contributed by atoms with van der Waals surface area (Å²) < 4.78 is 10.6. The van der Waals surface area contributed by atoms with Crippen molar-refractivity contribution < 1.29 is 9.47 Å². The Bertz CT molecular complexity index is 979. The summed E-state index contributed by atoms with van der Waals surface area (Å²) in [5, 5.41) is 7.29. The predicted molar refractivity (Wildman–Crippen MR) is 113 cm³/mol. The number of ether oxygens (including phenoxy) is 2. The quantitative estimate of drug-likeness (QED) is 0.575. The van der Waals surface area contributed by atoms with Crippen LogP contribution in [0.1, 0.15) is 16.8 Å². The number of halogens is 1. The SMILES string of the molecule is COc1ccc(CNc2cc(C)nc(Nc3ccc(Cl)cc3C)n2)cc1OC. The maximum atomic E-state index is 6.02. The van der Waals surface area contributed by atoms with E-state index in [1.165, 1.54) is 0 Å². The minimum atomic E-state index is 0.528. The Labute approximate surface area is 169 Å². The molecule has 28 heavy (non-hydrogen) atoms. The van der Waals surface area contributed by atoms with Crippen LogP contribution in [0.5, 0.6) is 11.5 Å². The van der Waals surface area contributed by atoms with Crippen LogP contribution in [0.15, 0.2) is 42.5 Å². The molecular weight excluding hydrogens is 376 g/mol. The van der Waals surface area contributed by atoms with E-state index in [4.69, 9.17) is 21.1 Å². The number of rotatable bonds is 7. The number of nitrogens with zero attached hydrogens (tertiary/aromatic N) is 2. The van der Waals surface area contributed by atoms with Gasteiger partial charge in [-0.25, -0.2) is 4.98 Å². The van der Waals surface area contributed by atoms with E-state index in [-0.39, 0.29) is 0 Å². The Morgan fingerprint density at radius 3 is 2.43 bits per heavy atom. The van der Waals surface area contributed by atoms with Crippen molar-refractivity contribution in [2.75, 3.05) is 24.9 Å². The molecule has 3 aromatic rings. The third-order valence-electron chi connectivity index (χ3n) is 4.21. The van der Waals surface area contributed by atoms with Gasteiger partial charge in [0.2, 0.25) is 5.95 Å². The van der Waals surface area contributed by atoms with Gasteiger partial charge in [-0.15, -0.1) is 0 Å². The lowest BCUT2D eigenvalue weighted by atomic mass is 10.2. The van der Waals surface area contributed by atoms with Crippen LogP contribution in [0.25, 0.3) is 0 Å². The fourth-order valence-corrected chi connectivity index (χ4v) is 3.01. The van der Waals surface area contributed by atoms with Crippen molar-refractivity contribution >= 4 is 29.1 Å². The lowest BCUT2D eigenvalue weighted by Crippen LogP contribution is -2.06. The van der Waals surface area contributed by atoms with Crippen LogP contribution in [-0.2, 0) is 6.54 Å². The molecule has 7 heteroatoms. The first-order valence-electron chi connectivity index (χ1n) is 8.82. The Hall–Kier alpha value is -2.99. The second kappa shape index (κ2) is 8.80. The third kappa shape index (κ3) is 4.84. The highest BCUT2D eigenvalue weighted by molar-refractivity contribution is 6.30. The van der Waals surface area contributed by atoms with E-state index in [0.717, 1.165) is 28.3 Å². The van der Waals surface area contributed by atoms with Crippen molar-refractivity contribution in [1.82, 2.24) is 9.97 Å². The Balaban J connectivity index is 1.74. The molecule has 6 nitrogen and oxygen atoms in total. The predicted octanol–water partition coefficient (Wildman–Crippen LogP) is 5.12. The molecule has 0 bridgehead atoms. The monoisotopic (exact) mass is 398 g/mol. The molecule has 0 aliphatic heterocycles. The molecule has 0 radical (unpaired) electrons. The van der Waals surface area contributed by atoms with Gasteiger partial charge in [0, 0.05) is 29.0 Å². The minimum absolute atomic E-state index is 0.528. The molecule has 2 aromatic carbocycles. The molecule has 3 rings (SSSR count). The molecule has 0 aliphatic rings. The lowest BCUT2D eigenvalue weighted by Gasteiger charge is -2.13. The molecule has 0 saturated carbocycles. The van der Waals surface area contributed by atoms with Crippen LogP contribution >= 0.6 is 11.6 Å². The zero-order valence-electron chi connectivity index (χ0n) is 16.3. The molecule has 0 unspecified atom stereocenters. The second-order valence-corrected chi connectivity index (χ2v) is 6.78. The van der Waals surface area contributed by atoms with Gasteiger partial charge in [0.25, 0.3) is 0 Å². The van der Waals surface area contributed by atoms with E-state index in [2.05, 4.69) is 20.6 Å². The van der Waals surface area contributed by atoms with Gasteiger partial charge in [0.15, 0.2) is 11.5 Å². The number of anilines is 3. The maximum absolute atomic E-state index is 6.02. The van der Waals surface area contributed by atoms with Gasteiger partial charge in [0.1, 0.15) is 5.82 Å². The van der Waals surface area contributed by atoms with E-state index >= 15 is 0 Å². The second-order valence-electron chi connectivity index (χ2n) is 6.35. The Morgan fingerprint density at radius 1 is 0.929 bits per heavy atom. The van der Waals surface area contributed by atoms with Crippen molar-refractivity contribution in [3.05, 3.63) is 64.3 Å². The largest absolute Gasteiger partial charge is 0.493 e. The molecule has 0 amide bonds. The summed E-state index contributed by atoms with van der Waals surface area (Å²) >= 11 is 6.02. The Morgan fingerprint density at radius 2 is 1.71 bits per heavy atom. The number of hydrogen-bond donors (Lipinski definition) is 2. The van der Waals surface area contributed by atoms with Crippen LogP contribution in [0.3, 0.4) is 0 Å². The maximum Gasteiger partial charge on any atom is 0.229 e. The van der Waals surface area contributed by atoms with Crippen LogP contribution in [0, 0.1) is 13.8 Å². The van der Waals surface area contributed by atoms with Crippen LogP contribution < -0.4 is 20.1 Å². The first-order valence-corrected chi connectivity index (χ1v) is 9.20. The van der Waals surface area contributed by atoms with Crippen molar-refractivity contribution in [2.45, 2.75) is 20.4 Å². The van der Waals surface area contributed by atoms with Crippen LogP contribution in [-0.4, -0.2) is 24.2 Å². The molecule has 146 valence electrons. The van der Waals surface area contributed by atoms with E-state index in [0.29, 0.717) is 29.0 Å². The fourth-order valence-electron chi connectivity index (χ4n) is 2.79. The highest BCUT2D eigenvalue weighted by Crippen LogP contribution is 2.28. The van der Waals surface area contributed by atoms with E-state index in [1.54, 1.807) is 14.2 Å². The summed E-state index contributed by atoms with van der Waals surface area (Å²) in [6.07, 6.45) is 0. The van der Waals surface area contributed by atoms with Gasteiger partial charge in [-0.1, -0.05) is 17.7 Å². The molecule has 2 N–H and O–H groups in total. The number of methoxy groups -OCH3 is 2. The van der Waals surface area contributed by atoms with Crippen molar-refractivity contribution in [3.63, 3.8) is 0 Å². The van der Waals surface area contributed by atoms with E-state index < -0.39 is 0 Å². The van der Waals surface area contributed by atoms with Crippen LogP contribution in [0.4, 0.5) is 17.5 Å². The van der Waals surface area contributed by atoms with Crippen LogP contribution in [0.2, 0.25) is 5.02 Å². The number of aromatic nitrogens is 2. The highest BCUT2D eigenvalue weighted by atomic mass is 35.5.